The van der Waals surface area contributed by atoms with Gasteiger partial charge in [-0.2, -0.15) is 0 Å². The monoisotopic (exact) mass is 707 g/mol. The molecule has 2 aromatic carbocycles. The molecule has 48 heavy (non-hydrogen) atoms. The van der Waals surface area contributed by atoms with Crippen LogP contribution in [-0.2, 0) is 9.53 Å². The van der Waals surface area contributed by atoms with Gasteiger partial charge in [0.2, 0.25) is 0 Å². The molecule has 0 bridgehead atoms. The number of carbonyl (C=O) groups excluding carboxylic acids is 2. The van der Waals surface area contributed by atoms with Crippen molar-refractivity contribution in [3.8, 4) is 28.8 Å². The summed E-state index contributed by atoms with van der Waals surface area (Å²) >= 11 is 1.43. The van der Waals surface area contributed by atoms with Gasteiger partial charge in [0.05, 0.1) is 6.04 Å². The summed E-state index contributed by atoms with van der Waals surface area (Å²) in [6.07, 6.45) is 6.95. The Hall–Kier alpha value is -4.65. The van der Waals surface area contributed by atoms with Crippen molar-refractivity contribution in [3.05, 3.63) is 84.5 Å². The molecule has 7 rings (SSSR count). The summed E-state index contributed by atoms with van der Waals surface area (Å²) in [4.78, 5) is 41.5. The number of fused-ring (bicyclic) bond motifs is 2. The minimum atomic E-state index is -0.560. The van der Waals surface area contributed by atoms with E-state index in [1.807, 2.05) is 74.6 Å². The number of ether oxygens (including phenoxy) is 2. The predicted octanol–water partition coefficient (Wildman–Crippen LogP) is 3.52. The maximum absolute atomic E-state index is 13.9. The zero-order valence-corrected chi connectivity index (χ0v) is 29.5. The van der Waals surface area contributed by atoms with Gasteiger partial charge >= 0.3 is 242 Å². The van der Waals surface area contributed by atoms with E-state index in [0.717, 1.165) is 51.4 Å². The number of para-hydroxylation sites is 1. The summed E-state index contributed by atoms with van der Waals surface area (Å²) in [6.45, 7) is 7.27. The van der Waals surface area contributed by atoms with Gasteiger partial charge in [0.25, 0.3) is 0 Å². The normalized spacial score (nSPS) is 20.4. The molecule has 3 aliphatic rings. The van der Waals surface area contributed by atoms with Crippen molar-refractivity contribution < 1.29 is 19.1 Å². The van der Waals surface area contributed by atoms with Crippen LogP contribution in [0.2, 0.25) is 0 Å². The van der Waals surface area contributed by atoms with E-state index in [2.05, 4.69) is 20.4 Å². The number of nitrogens with zero attached hydrogens (tertiary/aromatic N) is 7. The van der Waals surface area contributed by atoms with Crippen molar-refractivity contribution in [1.82, 2.24) is 29.1 Å². The molecule has 2 amide bonds. The number of benzene rings is 2. The number of amides is 2. The molecule has 5 heterocycles. The van der Waals surface area contributed by atoms with Crippen molar-refractivity contribution >= 4 is 38.9 Å². The third kappa shape index (κ3) is 6.18. The van der Waals surface area contributed by atoms with Crippen LogP contribution in [0.1, 0.15) is 38.4 Å². The van der Waals surface area contributed by atoms with Gasteiger partial charge in [-0.25, -0.2) is 4.79 Å². The Labute approximate surface area is 288 Å². The van der Waals surface area contributed by atoms with E-state index in [9.17, 15) is 14.9 Å². The molecule has 3 fully saturated rings. The van der Waals surface area contributed by atoms with E-state index in [4.69, 9.17) is 14.5 Å². The number of imidazole rings is 1. The number of piperazine rings is 1. The first-order chi connectivity index (χ1) is 23.2. The number of hydrogen-bond donors (Lipinski definition) is 0. The van der Waals surface area contributed by atoms with Crippen molar-refractivity contribution in [2.24, 2.45) is 0 Å². The Morgan fingerprint density at radius 2 is 1.85 bits per heavy atom. The maximum atomic E-state index is 13.9. The Morgan fingerprint density at radius 3 is 2.62 bits per heavy atom. The molecule has 0 radical (unpaired) electrons. The number of rotatable bonds is 7. The van der Waals surface area contributed by atoms with Crippen molar-refractivity contribution in [1.29, 1.82) is 5.26 Å². The molecule has 4 aromatic rings. The van der Waals surface area contributed by atoms with Crippen LogP contribution in [0.25, 0.3) is 16.8 Å². The molecule has 3 saturated heterocycles. The molecule has 2 aromatic heterocycles. The van der Waals surface area contributed by atoms with Crippen LogP contribution in [0.4, 0.5) is 4.79 Å². The van der Waals surface area contributed by atoms with E-state index in [0.29, 0.717) is 39.3 Å². The van der Waals surface area contributed by atoms with E-state index >= 15 is 0 Å². The van der Waals surface area contributed by atoms with Crippen LogP contribution in [-0.4, -0.2) is 109 Å². The third-order valence-electron chi connectivity index (χ3n) is 9.57. The van der Waals surface area contributed by atoms with Crippen LogP contribution < -0.4 is 9.22 Å². The molecule has 3 unspecified atom stereocenters. The van der Waals surface area contributed by atoms with Crippen LogP contribution >= 0.6 is 0 Å². The van der Waals surface area contributed by atoms with E-state index in [-0.39, 0.29) is 29.5 Å². The van der Waals surface area contributed by atoms with Crippen LogP contribution in [0.5, 0.6) is 11.5 Å². The Balaban J connectivity index is 1.11. The van der Waals surface area contributed by atoms with Gasteiger partial charge < -0.3 is 4.74 Å². The van der Waals surface area contributed by atoms with Gasteiger partial charge in [-0.3, -0.25) is 4.90 Å². The van der Waals surface area contributed by atoms with Crippen molar-refractivity contribution in [2.75, 3.05) is 39.3 Å². The third-order valence-corrected chi connectivity index (χ3v) is 10.5. The summed E-state index contributed by atoms with van der Waals surface area (Å²) in [7, 11) is 0. The molecule has 3 atom stereocenters. The molecule has 246 valence electrons. The Bertz CT molecular complexity index is 1920. The van der Waals surface area contributed by atoms with Crippen LogP contribution in [0, 0.1) is 11.3 Å². The zero-order chi connectivity index (χ0) is 33.4. The number of likely N-dealkylation sites (tertiary alicyclic amines) is 1. The van der Waals surface area contributed by atoms with Gasteiger partial charge in [-0.1, -0.05) is 0 Å². The molecule has 0 N–H and O–H groups in total. The van der Waals surface area contributed by atoms with E-state index < -0.39 is 5.54 Å². The first-order valence-corrected chi connectivity index (χ1v) is 17.5. The molecule has 0 saturated carbocycles. The average molecular weight is 708 g/mol. The number of hydrogen-bond acceptors (Lipinski definition) is 8. The van der Waals surface area contributed by atoms with Crippen molar-refractivity contribution in [2.45, 2.75) is 44.2 Å². The second-order valence-electron chi connectivity index (χ2n) is 13.1. The number of piperidine rings is 1. The van der Waals surface area contributed by atoms with Gasteiger partial charge in [0.15, 0.2) is 0 Å². The van der Waals surface area contributed by atoms with Gasteiger partial charge in [-0.15, -0.1) is 0 Å². The molecule has 11 nitrogen and oxygen atoms in total. The number of nitriles is 1. The number of cyclic esters (lactones) is 1. The van der Waals surface area contributed by atoms with E-state index in [1.54, 1.807) is 22.1 Å². The molecule has 3 aliphatic heterocycles. The van der Waals surface area contributed by atoms with Gasteiger partial charge in [-0.05, 0) is 0 Å². The zero-order valence-electron chi connectivity index (χ0n) is 27.1. The molecule has 0 aliphatic carbocycles. The minimum absolute atomic E-state index is 0.0140. The van der Waals surface area contributed by atoms with Gasteiger partial charge in [0, 0.05) is 19.6 Å². The quantitative estimate of drug-likeness (QED) is 0.163. The first-order valence-electron chi connectivity index (χ1n) is 16.3. The van der Waals surface area contributed by atoms with Crippen LogP contribution in [0.3, 0.4) is 0 Å². The Morgan fingerprint density at radius 1 is 1.08 bits per heavy atom. The fraction of sp³-hybridized carbons (Fsp3) is 0.361. The standard InChI is InChI=1S/C36H38AsN7O4/c1-36(2,42-17-18-43-27(22-42)23-47-35(43)46)19-26(20-38)34(45)41-15-6-7-25(21-41)33-40-30(31-32(37)39-14-16-44(31)33)24-10-12-29(13-11-24)48-28-8-4-3-5-9-28/h3-5,8-14,16,19,25,27H,6-7,15,17-18,21-23,37H2,1-2H3. The average Bonchev–Trinajstić information content (AvgIpc) is 3.69. The number of aromatic nitrogens is 3. The fourth-order valence-corrected chi connectivity index (χ4v) is 7.78. The summed E-state index contributed by atoms with van der Waals surface area (Å²) in [5.41, 5.74) is 2.34. The van der Waals surface area contributed by atoms with E-state index in [1.165, 1.54) is 16.9 Å². The topological polar surface area (TPSA) is 116 Å². The molecular formula is C36H38AsN7O4. The van der Waals surface area contributed by atoms with Gasteiger partial charge in [0.1, 0.15) is 6.61 Å². The molecule has 0 spiro atoms. The smallest absolute Gasteiger partial charge is 0.447 e. The van der Waals surface area contributed by atoms with Crippen LogP contribution in [0.15, 0.2) is 78.6 Å². The second-order valence-corrected chi connectivity index (χ2v) is 14.2. The summed E-state index contributed by atoms with van der Waals surface area (Å²) in [6, 6.07) is 19.8. The first kappa shape index (κ1) is 31.9. The number of carbonyl (C=O) groups is 2. The molecular weight excluding hydrogens is 669 g/mol. The molecule has 12 heteroatoms. The summed E-state index contributed by atoms with van der Waals surface area (Å²) < 4.78 is 14.3. The van der Waals surface area contributed by atoms with Crippen molar-refractivity contribution in [3.63, 3.8) is 0 Å². The summed E-state index contributed by atoms with van der Waals surface area (Å²) in [5.74, 6) is 2.13. The SMILES string of the molecule is CC(C)(C=C(C#N)C(=O)N1CCCC(c2nc(-c3ccc(Oc4ccccc4)cc3)c3c([AsH2])nccn23)C1)N1CCN2C(=O)OCC2C1. The Kier molecular flexibility index (Phi) is 8.71. The minimum Gasteiger partial charge on any atom is -0.447 e. The fourth-order valence-electron chi connectivity index (χ4n) is 7.02. The second kappa shape index (κ2) is 13.1. The summed E-state index contributed by atoms with van der Waals surface area (Å²) in [5, 5.41) is 10.2. The predicted molar refractivity (Wildman–Crippen MR) is 183 cm³/mol.